The predicted octanol–water partition coefficient (Wildman–Crippen LogP) is 11.7. The fourth-order valence-corrected chi connectivity index (χ4v) is 8.01. The van der Waals surface area contributed by atoms with Gasteiger partial charge >= 0.3 is 0 Å². The van der Waals surface area contributed by atoms with Crippen LogP contribution in [0.25, 0.3) is 88.1 Å². The lowest BCUT2D eigenvalue weighted by Gasteiger charge is -2.14. The van der Waals surface area contributed by atoms with Gasteiger partial charge in [0, 0.05) is 44.0 Å². The summed E-state index contributed by atoms with van der Waals surface area (Å²) in [5.74, 6) is 0. The van der Waals surface area contributed by atoms with Gasteiger partial charge in [-0.2, -0.15) is 0 Å². The van der Waals surface area contributed by atoms with Crippen molar-refractivity contribution in [1.29, 1.82) is 0 Å². The second kappa shape index (κ2) is 13.0. The van der Waals surface area contributed by atoms with Crippen LogP contribution in [-0.4, -0.2) is 21.9 Å². The van der Waals surface area contributed by atoms with E-state index in [4.69, 9.17) is 11.5 Å². The van der Waals surface area contributed by atoms with E-state index in [0.29, 0.717) is 11.1 Å². The van der Waals surface area contributed by atoms with Crippen LogP contribution in [0.4, 0.5) is 11.4 Å². The monoisotopic (exact) mass is 722 g/mol. The predicted molar refractivity (Wildman–Crippen MR) is 231 cm³/mol. The van der Waals surface area contributed by atoms with Crippen molar-refractivity contribution in [1.82, 2.24) is 9.35 Å². The highest BCUT2D eigenvalue weighted by Gasteiger charge is 2.20. The zero-order valence-corrected chi connectivity index (χ0v) is 30.2. The van der Waals surface area contributed by atoms with Crippen LogP contribution >= 0.6 is 0 Å². The van der Waals surface area contributed by atoms with Crippen LogP contribution in [0.3, 0.4) is 0 Å². The molecule has 0 saturated heterocycles. The summed E-state index contributed by atoms with van der Waals surface area (Å²) in [4.78, 5) is 22.9. The molecule has 0 unspecified atom stereocenters. The molecule has 0 spiro atoms. The van der Waals surface area contributed by atoms with E-state index in [0.717, 1.165) is 112 Å². The van der Waals surface area contributed by atoms with Crippen LogP contribution in [0, 0.1) is 0 Å². The van der Waals surface area contributed by atoms with Crippen molar-refractivity contribution in [3.63, 3.8) is 0 Å². The number of fused-ring (bicyclic) bond motifs is 6. The van der Waals surface area contributed by atoms with Gasteiger partial charge < -0.3 is 11.5 Å². The number of nitrogens with two attached hydrogens (primary N) is 2. The van der Waals surface area contributed by atoms with Crippen molar-refractivity contribution in [3.8, 4) is 44.5 Å². The quantitative estimate of drug-likeness (QED) is 0.126. The van der Waals surface area contributed by atoms with Crippen LogP contribution < -0.4 is 11.5 Å². The molecule has 10 aromatic rings. The lowest BCUT2D eigenvalue weighted by atomic mass is 10.00. The van der Waals surface area contributed by atoms with Gasteiger partial charge in [-0.15, -0.1) is 0 Å². The Bertz CT molecular complexity index is 2940. The van der Waals surface area contributed by atoms with E-state index >= 15 is 0 Å². The SMILES string of the molecule is Nc1ccc(-c2ccc3c(c2)c2cc(-c4ccc(C=O)cc4)ccc2n3-n2c3ccc(-c4ccc(N)cc4)cc3c3cc(-c4ccc(C=O)cc4)ccc32)cc1. The van der Waals surface area contributed by atoms with Crippen LogP contribution in [0.1, 0.15) is 20.7 Å². The number of nitrogen functional groups attached to an aromatic ring is 2. The van der Waals surface area contributed by atoms with Crippen LogP contribution in [0.5, 0.6) is 0 Å². The summed E-state index contributed by atoms with van der Waals surface area (Å²) in [7, 11) is 0. The van der Waals surface area contributed by atoms with E-state index in [2.05, 4.69) is 106 Å². The van der Waals surface area contributed by atoms with E-state index in [-0.39, 0.29) is 0 Å². The third-order valence-corrected chi connectivity index (χ3v) is 10.9. The van der Waals surface area contributed by atoms with Crippen molar-refractivity contribution < 1.29 is 9.59 Å². The highest BCUT2D eigenvalue weighted by Crippen LogP contribution is 2.40. The van der Waals surface area contributed by atoms with E-state index in [1.165, 1.54) is 0 Å². The van der Waals surface area contributed by atoms with Gasteiger partial charge in [-0.3, -0.25) is 9.59 Å². The molecule has 266 valence electrons. The summed E-state index contributed by atoms with van der Waals surface area (Å²) in [6, 6.07) is 58.0. The summed E-state index contributed by atoms with van der Waals surface area (Å²) in [6.07, 6.45) is 1.74. The van der Waals surface area contributed by atoms with Gasteiger partial charge in [-0.05, 0) is 117 Å². The minimum absolute atomic E-state index is 0.645. The zero-order valence-electron chi connectivity index (χ0n) is 30.2. The minimum atomic E-state index is 0.645. The third kappa shape index (κ3) is 5.43. The summed E-state index contributed by atoms with van der Waals surface area (Å²) in [5, 5.41) is 4.44. The Balaban J connectivity index is 1.26. The van der Waals surface area contributed by atoms with E-state index in [1.807, 2.05) is 72.8 Å². The number of hydrogen-bond donors (Lipinski definition) is 2. The van der Waals surface area contributed by atoms with Gasteiger partial charge in [0.15, 0.2) is 0 Å². The summed E-state index contributed by atoms with van der Waals surface area (Å²) in [6.45, 7) is 0. The molecule has 6 nitrogen and oxygen atoms in total. The third-order valence-electron chi connectivity index (χ3n) is 10.9. The Hall–Kier alpha value is -7.70. The zero-order chi connectivity index (χ0) is 37.9. The van der Waals surface area contributed by atoms with Gasteiger partial charge in [-0.1, -0.05) is 97.1 Å². The van der Waals surface area contributed by atoms with E-state index in [1.54, 1.807) is 0 Å². The lowest BCUT2D eigenvalue weighted by molar-refractivity contribution is 0.111. The van der Waals surface area contributed by atoms with Crippen molar-refractivity contribution in [2.75, 3.05) is 11.5 Å². The second-order valence-electron chi connectivity index (χ2n) is 14.3. The van der Waals surface area contributed by atoms with E-state index in [9.17, 15) is 9.59 Å². The molecule has 0 amide bonds. The second-order valence-corrected chi connectivity index (χ2v) is 14.3. The fourth-order valence-electron chi connectivity index (χ4n) is 8.01. The number of hydrogen-bond acceptors (Lipinski definition) is 4. The Morgan fingerprint density at radius 3 is 0.786 bits per heavy atom. The average Bonchev–Trinajstić information content (AvgIpc) is 3.74. The Kier molecular flexibility index (Phi) is 7.64. The van der Waals surface area contributed by atoms with Gasteiger partial charge in [0.2, 0.25) is 0 Å². The molecule has 0 atom stereocenters. The Morgan fingerprint density at radius 1 is 0.304 bits per heavy atom. The van der Waals surface area contributed by atoms with Gasteiger partial charge in [-0.25, -0.2) is 9.35 Å². The maximum absolute atomic E-state index is 11.4. The Labute approximate surface area is 322 Å². The number of nitrogens with zero attached hydrogens (tertiary/aromatic N) is 2. The minimum Gasteiger partial charge on any atom is -0.399 e. The largest absolute Gasteiger partial charge is 0.399 e. The maximum Gasteiger partial charge on any atom is 0.150 e. The topological polar surface area (TPSA) is 96.0 Å². The van der Waals surface area contributed by atoms with Gasteiger partial charge in [0.25, 0.3) is 0 Å². The summed E-state index contributed by atoms with van der Waals surface area (Å²) in [5.41, 5.74) is 27.7. The fraction of sp³-hybridized carbons (Fsp3) is 0. The summed E-state index contributed by atoms with van der Waals surface area (Å²) < 4.78 is 4.67. The molecule has 10 rings (SSSR count). The molecule has 0 saturated carbocycles. The molecule has 0 aliphatic rings. The molecule has 0 bridgehead atoms. The van der Waals surface area contributed by atoms with E-state index < -0.39 is 0 Å². The molecule has 0 fully saturated rings. The molecule has 0 aliphatic heterocycles. The first-order valence-electron chi connectivity index (χ1n) is 18.5. The molecule has 0 aliphatic carbocycles. The average molecular weight is 723 g/mol. The number of aromatic nitrogens is 2. The number of rotatable bonds is 7. The molecule has 4 N–H and O–H groups in total. The molecule has 6 heteroatoms. The highest BCUT2D eigenvalue weighted by atomic mass is 16.1. The first-order chi connectivity index (χ1) is 27.4. The first kappa shape index (κ1) is 32.9. The number of anilines is 2. The van der Waals surface area contributed by atoms with Gasteiger partial charge in [0.1, 0.15) is 12.6 Å². The molecule has 0 radical (unpaired) electrons. The number of benzene rings is 8. The van der Waals surface area contributed by atoms with Crippen LogP contribution in [0.15, 0.2) is 170 Å². The van der Waals surface area contributed by atoms with Crippen LogP contribution in [0.2, 0.25) is 0 Å². The molecule has 56 heavy (non-hydrogen) atoms. The molecular weight excluding hydrogens is 689 g/mol. The highest BCUT2D eigenvalue weighted by molar-refractivity contribution is 6.14. The number of carbonyl (C=O) groups is 2. The molecule has 2 heterocycles. The molecular formula is C50H34N4O2. The normalized spacial score (nSPS) is 11.5. The summed E-state index contributed by atoms with van der Waals surface area (Å²) >= 11 is 0. The standard InChI is InChI=1S/C50H34N4O2/c51-41-17-9-35(10-18-41)39-15-23-49-45(27-39)43-25-37(33-5-1-31(29-55)2-6-33)13-21-47(43)53(49)54-48-22-14-38(34-7-3-32(30-56)4-8-34)26-44(48)46-28-40(16-24-50(46)54)36-11-19-42(52)20-12-36/h1-30H,51-52H2. The first-order valence-corrected chi connectivity index (χ1v) is 18.5. The lowest BCUT2D eigenvalue weighted by Crippen LogP contribution is -2.08. The Morgan fingerprint density at radius 2 is 0.536 bits per heavy atom. The molecule has 2 aromatic heterocycles. The molecule has 8 aromatic carbocycles. The van der Waals surface area contributed by atoms with Crippen molar-refractivity contribution in [2.45, 2.75) is 0 Å². The van der Waals surface area contributed by atoms with Crippen molar-refractivity contribution >= 4 is 67.6 Å². The van der Waals surface area contributed by atoms with Crippen LogP contribution in [-0.2, 0) is 0 Å². The van der Waals surface area contributed by atoms with Crippen molar-refractivity contribution in [3.05, 3.63) is 181 Å². The van der Waals surface area contributed by atoms with Gasteiger partial charge in [0.05, 0.1) is 22.1 Å². The smallest absolute Gasteiger partial charge is 0.150 e. The number of carbonyl (C=O) groups excluding carboxylic acids is 2. The number of aldehydes is 2. The van der Waals surface area contributed by atoms with Crippen molar-refractivity contribution in [2.24, 2.45) is 0 Å². The maximum atomic E-state index is 11.4.